The van der Waals surface area contributed by atoms with E-state index in [1.165, 1.54) is 37.8 Å². The summed E-state index contributed by atoms with van der Waals surface area (Å²) in [6.45, 7) is 0. The molecule has 0 amide bonds. The molecular formula is C21H12N2. The Hall–Kier alpha value is -3.13. The molecule has 106 valence electrons. The third kappa shape index (κ3) is 1.32. The van der Waals surface area contributed by atoms with Crippen LogP contribution in [0.5, 0.6) is 0 Å². The summed E-state index contributed by atoms with van der Waals surface area (Å²) in [5.74, 6) is 0. The second-order valence-corrected chi connectivity index (χ2v) is 6.16. The Bertz CT molecular complexity index is 1360. The summed E-state index contributed by atoms with van der Waals surface area (Å²) < 4.78 is 2.29. The molecular weight excluding hydrogens is 280 g/mol. The molecule has 0 aliphatic rings. The van der Waals surface area contributed by atoms with Gasteiger partial charge < -0.3 is 0 Å². The van der Waals surface area contributed by atoms with E-state index >= 15 is 0 Å². The predicted molar refractivity (Wildman–Crippen MR) is 96.4 cm³/mol. The van der Waals surface area contributed by atoms with Gasteiger partial charge in [-0.1, -0.05) is 48.5 Å². The number of hydrogen-bond acceptors (Lipinski definition) is 1. The Morgan fingerprint density at radius 2 is 1.43 bits per heavy atom. The monoisotopic (exact) mass is 292 g/mol. The molecule has 6 aromatic rings. The molecule has 0 saturated carbocycles. The van der Waals surface area contributed by atoms with Gasteiger partial charge in [0.15, 0.2) is 0 Å². The lowest BCUT2D eigenvalue weighted by atomic mass is 9.99. The molecule has 0 atom stereocenters. The van der Waals surface area contributed by atoms with Crippen LogP contribution in [0, 0.1) is 0 Å². The maximum atomic E-state index is 4.72. The van der Waals surface area contributed by atoms with Crippen LogP contribution in [-0.4, -0.2) is 9.38 Å². The smallest absolute Gasteiger partial charge is 0.145 e. The zero-order chi connectivity index (χ0) is 15.0. The Kier molecular flexibility index (Phi) is 1.89. The molecule has 2 heteroatoms. The molecule has 0 aliphatic carbocycles. The third-order valence-corrected chi connectivity index (χ3v) is 4.93. The average molecular weight is 292 g/mol. The van der Waals surface area contributed by atoms with Gasteiger partial charge in [0.05, 0.1) is 17.2 Å². The number of aromatic nitrogens is 2. The minimum absolute atomic E-state index is 1.05. The molecule has 0 N–H and O–H groups in total. The minimum atomic E-state index is 1.05. The standard InChI is InChI=1S/C21H12N2/c1-2-5-15-11-19-18(10-14(15)4-1)17-7-3-6-13-8-9-16-12-22-21(19)23(16)20(13)17/h1-12H. The summed E-state index contributed by atoms with van der Waals surface area (Å²) in [5, 5.41) is 7.58. The number of nitrogens with zero attached hydrogens (tertiary/aromatic N) is 2. The van der Waals surface area contributed by atoms with Crippen molar-refractivity contribution in [1.29, 1.82) is 0 Å². The lowest BCUT2D eigenvalue weighted by Gasteiger charge is -2.12. The summed E-state index contributed by atoms with van der Waals surface area (Å²) in [7, 11) is 0. The van der Waals surface area contributed by atoms with Crippen LogP contribution >= 0.6 is 0 Å². The van der Waals surface area contributed by atoms with Crippen LogP contribution in [0.25, 0.3) is 49.0 Å². The quantitative estimate of drug-likeness (QED) is 0.271. The van der Waals surface area contributed by atoms with Gasteiger partial charge in [-0.05, 0) is 39.7 Å². The molecule has 6 rings (SSSR count). The first-order valence-corrected chi connectivity index (χ1v) is 7.83. The highest BCUT2D eigenvalue weighted by molar-refractivity contribution is 6.19. The Balaban J connectivity index is 2.05. The van der Waals surface area contributed by atoms with E-state index in [1.54, 1.807) is 0 Å². The third-order valence-electron chi connectivity index (χ3n) is 4.93. The highest BCUT2D eigenvalue weighted by Gasteiger charge is 2.14. The Morgan fingerprint density at radius 3 is 2.30 bits per heavy atom. The molecule has 0 unspecified atom stereocenters. The van der Waals surface area contributed by atoms with Crippen LogP contribution in [0.15, 0.2) is 72.9 Å². The maximum absolute atomic E-state index is 4.72. The van der Waals surface area contributed by atoms with E-state index in [-0.39, 0.29) is 0 Å². The molecule has 0 fully saturated rings. The number of fused-ring (bicyclic) bond motifs is 4. The summed E-state index contributed by atoms with van der Waals surface area (Å²) in [6, 6.07) is 24.0. The number of rotatable bonds is 0. The van der Waals surface area contributed by atoms with Crippen molar-refractivity contribution in [1.82, 2.24) is 9.38 Å². The second kappa shape index (κ2) is 3.79. The molecule has 0 saturated heterocycles. The number of imidazole rings is 1. The summed E-state index contributed by atoms with van der Waals surface area (Å²) in [4.78, 5) is 4.72. The SMILES string of the molecule is c1ccc2cc3c(cc2c1)c1cccc2ccc4cnc3n4c21. The van der Waals surface area contributed by atoms with Gasteiger partial charge in [0, 0.05) is 10.8 Å². The fourth-order valence-electron chi connectivity index (χ4n) is 3.89. The first kappa shape index (κ1) is 11.4. The van der Waals surface area contributed by atoms with Crippen LogP contribution in [-0.2, 0) is 0 Å². The molecule has 3 aromatic heterocycles. The van der Waals surface area contributed by atoms with Gasteiger partial charge in [-0.2, -0.15) is 0 Å². The molecule has 0 aliphatic heterocycles. The summed E-state index contributed by atoms with van der Waals surface area (Å²) >= 11 is 0. The van der Waals surface area contributed by atoms with E-state index in [2.05, 4.69) is 71.1 Å². The van der Waals surface area contributed by atoms with Gasteiger partial charge in [0.1, 0.15) is 5.65 Å². The van der Waals surface area contributed by atoms with E-state index in [0.29, 0.717) is 0 Å². The predicted octanol–water partition coefficient (Wildman–Crippen LogP) is 5.38. The van der Waals surface area contributed by atoms with Crippen molar-refractivity contribution in [2.75, 3.05) is 0 Å². The molecule has 0 radical (unpaired) electrons. The zero-order valence-electron chi connectivity index (χ0n) is 12.3. The van der Waals surface area contributed by atoms with E-state index in [9.17, 15) is 0 Å². The van der Waals surface area contributed by atoms with Crippen molar-refractivity contribution in [2.24, 2.45) is 0 Å². The number of benzene rings is 3. The number of para-hydroxylation sites is 1. The Morgan fingerprint density at radius 1 is 0.652 bits per heavy atom. The van der Waals surface area contributed by atoms with Crippen molar-refractivity contribution in [3.63, 3.8) is 0 Å². The lowest BCUT2D eigenvalue weighted by molar-refractivity contribution is 1.32. The molecule has 3 heterocycles. The van der Waals surface area contributed by atoms with E-state index in [0.717, 1.165) is 11.2 Å². The van der Waals surface area contributed by atoms with Crippen molar-refractivity contribution in [2.45, 2.75) is 0 Å². The van der Waals surface area contributed by atoms with E-state index < -0.39 is 0 Å². The van der Waals surface area contributed by atoms with Gasteiger partial charge in [0.2, 0.25) is 0 Å². The van der Waals surface area contributed by atoms with Crippen LogP contribution in [0.3, 0.4) is 0 Å². The van der Waals surface area contributed by atoms with Gasteiger partial charge in [-0.25, -0.2) is 4.98 Å². The van der Waals surface area contributed by atoms with E-state index in [1.807, 2.05) is 6.20 Å². The van der Waals surface area contributed by atoms with Crippen LogP contribution in [0.4, 0.5) is 0 Å². The first-order valence-electron chi connectivity index (χ1n) is 7.83. The molecule has 0 bridgehead atoms. The summed E-state index contributed by atoms with van der Waals surface area (Å²) in [6.07, 6.45) is 1.97. The lowest BCUT2D eigenvalue weighted by Crippen LogP contribution is -1.93. The van der Waals surface area contributed by atoms with E-state index in [4.69, 9.17) is 4.98 Å². The van der Waals surface area contributed by atoms with Crippen molar-refractivity contribution in [3.05, 3.63) is 72.9 Å². The zero-order valence-corrected chi connectivity index (χ0v) is 12.3. The normalized spacial score (nSPS) is 12.3. The molecule has 2 nitrogen and oxygen atoms in total. The van der Waals surface area contributed by atoms with Crippen LogP contribution in [0.1, 0.15) is 0 Å². The molecule has 0 spiro atoms. The van der Waals surface area contributed by atoms with Crippen molar-refractivity contribution < 1.29 is 0 Å². The largest absolute Gasteiger partial charge is 0.292 e. The first-order chi connectivity index (χ1) is 11.4. The van der Waals surface area contributed by atoms with Gasteiger partial charge in [0.25, 0.3) is 0 Å². The topological polar surface area (TPSA) is 17.3 Å². The van der Waals surface area contributed by atoms with Gasteiger partial charge in [-0.15, -0.1) is 0 Å². The maximum Gasteiger partial charge on any atom is 0.145 e. The minimum Gasteiger partial charge on any atom is -0.292 e. The summed E-state index contributed by atoms with van der Waals surface area (Å²) in [5.41, 5.74) is 3.46. The van der Waals surface area contributed by atoms with Crippen LogP contribution < -0.4 is 0 Å². The van der Waals surface area contributed by atoms with Crippen LogP contribution in [0.2, 0.25) is 0 Å². The second-order valence-electron chi connectivity index (χ2n) is 6.16. The Labute approximate surface area is 131 Å². The fraction of sp³-hybridized carbons (Fsp3) is 0. The molecule has 23 heavy (non-hydrogen) atoms. The van der Waals surface area contributed by atoms with Crippen molar-refractivity contribution >= 4 is 49.0 Å². The molecule has 3 aromatic carbocycles. The highest BCUT2D eigenvalue weighted by Crippen LogP contribution is 2.35. The van der Waals surface area contributed by atoms with Gasteiger partial charge >= 0.3 is 0 Å². The van der Waals surface area contributed by atoms with Gasteiger partial charge in [-0.3, -0.25) is 4.40 Å². The number of hydrogen-bond donors (Lipinski definition) is 0. The number of pyridine rings is 2. The average Bonchev–Trinajstić information content (AvgIpc) is 3.04. The van der Waals surface area contributed by atoms with Crippen molar-refractivity contribution in [3.8, 4) is 0 Å². The fourth-order valence-corrected chi connectivity index (χ4v) is 3.89. The highest BCUT2D eigenvalue weighted by atomic mass is 15.0.